The van der Waals surface area contributed by atoms with Crippen LogP contribution in [0.4, 0.5) is 0 Å². The highest BCUT2D eigenvalue weighted by molar-refractivity contribution is 5.81. The van der Waals surface area contributed by atoms with Gasteiger partial charge in [0.05, 0.1) is 18.8 Å². The Labute approximate surface area is 123 Å². The van der Waals surface area contributed by atoms with Gasteiger partial charge in [-0.25, -0.2) is 0 Å². The number of nitrogens with zero attached hydrogens (tertiary/aromatic N) is 1. The van der Waals surface area contributed by atoms with Crippen LogP contribution in [0.5, 0.6) is 0 Å². The summed E-state index contributed by atoms with van der Waals surface area (Å²) in [5, 5.41) is 3.13. The third kappa shape index (κ3) is 5.38. The number of piperidine rings is 1. The van der Waals surface area contributed by atoms with Crippen LogP contribution in [-0.4, -0.2) is 55.2 Å². The lowest BCUT2D eigenvalue weighted by Gasteiger charge is -2.35. The molecule has 5 nitrogen and oxygen atoms in total. The Balaban J connectivity index is 2.34. The topological polar surface area (TPSA) is 67.6 Å². The summed E-state index contributed by atoms with van der Waals surface area (Å²) in [6.07, 6.45) is 4.27. The molecule has 0 aromatic rings. The molecule has 0 aliphatic carbocycles. The van der Waals surface area contributed by atoms with Gasteiger partial charge in [-0.2, -0.15) is 0 Å². The van der Waals surface area contributed by atoms with E-state index in [1.54, 1.807) is 0 Å². The molecule has 1 atom stereocenters. The summed E-state index contributed by atoms with van der Waals surface area (Å²) in [4.78, 5) is 14.5. The number of carbonyl (C=O) groups excluding carboxylic acids is 1. The minimum atomic E-state index is -0.0499. The van der Waals surface area contributed by atoms with Gasteiger partial charge in [0, 0.05) is 25.7 Å². The number of hydrogen-bond donors (Lipinski definition) is 2. The van der Waals surface area contributed by atoms with E-state index in [1.165, 1.54) is 0 Å². The van der Waals surface area contributed by atoms with Crippen molar-refractivity contribution in [1.29, 1.82) is 0 Å². The standard InChI is InChI=1S/C15H31N3O2/c1-4-13(5-2)17-15(19)12(3)18-9-6-14(7-10-18)20-11-8-16/h12-14H,4-11,16H2,1-3H3,(H,17,19). The Morgan fingerprint density at radius 3 is 2.45 bits per heavy atom. The van der Waals surface area contributed by atoms with Crippen molar-refractivity contribution in [3.05, 3.63) is 0 Å². The number of likely N-dealkylation sites (tertiary alicyclic amines) is 1. The summed E-state index contributed by atoms with van der Waals surface area (Å²) in [7, 11) is 0. The summed E-state index contributed by atoms with van der Waals surface area (Å²) in [5.74, 6) is 0.153. The van der Waals surface area contributed by atoms with Crippen LogP contribution in [0.3, 0.4) is 0 Å². The lowest BCUT2D eigenvalue weighted by molar-refractivity contribution is -0.127. The Hall–Kier alpha value is -0.650. The predicted octanol–water partition coefficient (Wildman–Crippen LogP) is 1.12. The summed E-state index contributed by atoms with van der Waals surface area (Å²) < 4.78 is 5.67. The van der Waals surface area contributed by atoms with Crippen molar-refractivity contribution in [2.45, 2.75) is 64.6 Å². The van der Waals surface area contributed by atoms with Crippen molar-refractivity contribution in [3.63, 3.8) is 0 Å². The molecule has 1 aliphatic heterocycles. The lowest BCUT2D eigenvalue weighted by atomic mass is 10.1. The van der Waals surface area contributed by atoms with E-state index in [0.717, 1.165) is 38.8 Å². The summed E-state index contributed by atoms with van der Waals surface area (Å²) in [6, 6.07) is 0.251. The number of nitrogens with one attached hydrogen (secondary N) is 1. The van der Waals surface area contributed by atoms with E-state index in [9.17, 15) is 4.79 Å². The first-order valence-electron chi connectivity index (χ1n) is 7.98. The van der Waals surface area contributed by atoms with Crippen LogP contribution in [0.1, 0.15) is 46.5 Å². The highest BCUT2D eigenvalue weighted by atomic mass is 16.5. The van der Waals surface area contributed by atoms with Gasteiger partial charge in [0.1, 0.15) is 0 Å². The molecule has 1 amide bonds. The number of carbonyl (C=O) groups is 1. The van der Waals surface area contributed by atoms with E-state index in [-0.39, 0.29) is 11.9 Å². The van der Waals surface area contributed by atoms with Gasteiger partial charge in [-0.3, -0.25) is 9.69 Å². The number of ether oxygens (including phenoxy) is 1. The number of nitrogens with two attached hydrogens (primary N) is 1. The van der Waals surface area contributed by atoms with E-state index in [1.807, 2.05) is 6.92 Å². The van der Waals surface area contributed by atoms with E-state index >= 15 is 0 Å². The van der Waals surface area contributed by atoms with E-state index in [4.69, 9.17) is 10.5 Å². The van der Waals surface area contributed by atoms with Crippen molar-refractivity contribution >= 4 is 5.91 Å². The van der Waals surface area contributed by atoms with Crippen molar-refractivity contribution in [2.24, 2.45) is 5.73 Å². The number of amides is 1. The smallest absolute Gasteiger partial charge is 0.237 e. The molecular formula is C15H31N3O2. The van der Waals surface area contributed by atoms with Crippen molar-refractivity contribution < 1.29 is 9.53 Å². The van der Waals surface area contributed by atoms with Gasteiger partial charge < -0.3 is 15.8 Å². The Bertz CT molecular complexity index is 274. The molecule has 0 aromatic heterocycles. The minimum Gasteiger partial charge on any atom is -0.377 e. The average Bonchev–Trinajstić information content (AvgIpc) is 2.50. The average molecular weight is 285 g/mol. The molecular weight excluding hydrogens is 254 g/mol. The zero-order chi connectivity index (χ0) is 15.0. The molecule has 1 rings (SSSR count). The quantitative estimate of drug-likeness (QED) is 0.701. The molecule has 1 heterocycles. The Kier molecular flexibility index (Phi) is 8.11. The number of hydrogen-bond acceptors (Lipinski definition) is 4. The Morgan fingerprint density at radius 1 is 1.35 bits per heavy atom. The summed E-state index contributed by atoms with van der Waals surface area (Å²) in [6.45, 7) is 9.28. The third-order valence-electron chi connectivity index (χ3n) is 4.21. The highest BCUT2D eigenvalue weighted by Crippen LogP contribution is 2.16. The fourth-order valence-electron chi connectivity index (χ4n) is 2.64. The first-order valence-corrected chi connectivity index (χ1v) is 7.98. The fraction of sp³-hybridized carbons (Fsp3) is 0.933. The van der Waals surface area contributed by atoms with Gasteiger partial charge in [-0.1, -0.05) is 13.8 Å². The molecule has 1 fully saturated rings. The molecule has 118 valence electrons. The van der Waals surface area contributed by atoms with Crippen molar-refractivity contribution in [2.75, 3.05) is 26.2 Å². The number of rotatable bonds is 8. The fourth-order valence-corrected chi connectivity index (χ4v) is 2.64. The molecule has 0 saturated carbocycles. The van der Waals surface area contributed by atoms with Crippen LogP contribution in [-0.2, 0) is 9.53 Å². The van der Waals surface area contributed by atoms with Crippen LogP contribution >= 0.6 is 0 Å². The van der Waals surface area contributed by atoms with E-state index in [2.05, 4.69) is 24.1 Å². The van der Waals surface area contributed by atoms with Crippen LogP contribution in [0.15, 0.2) is 0 Å². The van der Waals surface area contributed by atoms with Gasteiger partial charge in [-0.05, 0) is 32.6 Å². The first-order chi connectivity index (χ1) is 9.62. The maximum Gasteiger partial charge on any atom is 0.237 e. The third-order valence-corrected chi connectivity index (χ3v) is 4.21. The van der Waals surface area contributed by atoms with Crippen LogP contribution < -0.4 is 11.1 Å². The predicted molar refractivity (Wildman–Crippen MR) is 81.6 cm³/mol. The van der Waals surface area contributed by atoms with Gasteiger partial charge in [0.15, 0.2) is 0 Å². The first kappa shape index (κ1) is 17.4. The molecule has 5 heteroatoms. The van der Waals surface area contributed by atoms with E-state index in [0.29, 0.717) is 25.3 Å². The normalized spacial score (nSPS) is 19.2. The molecule has 0 bridgehead atoms. The molecule has 3 N–H and O–H groups in total. The zero-order valence-electron chi connectivity index (χ0n) is 13.2. The maximum absolute atomic E-state index is 12.2. The van der Waals surface area contributed by atoms with Crippen molar-refractivity contribution in [3.8, 4) is 0 Å². The second-order valence-electron chi connectivity index (χ2n) is 5.59. The molecule has 1 unspecified atom stereocenters. The minimum absolute atomic E-state index is 0.0499. The van der Waals surface area contributed by atoms with Gasteiger partial charge in [-0.15, -0.1) is 0 Å². The molecule has 1 aliphatic rings. The second-order valence-corrected chi connectivity index (χ2v) is 5.59. The molecule has 0 radical (unpaired) electrons. The lowest BCUT2D eigenvalue weighted by Crippen LogP contribution is -2.51. The summed E-state index contributed by atoms with van der Waals surface area (Å²) >= 11 is 0. The maximum atomic E-state index is 12.2. The zero-order valence-corrected chi connectivity index (χ0v) is 13.2. The molecule has 1 saturated heterocycles. The van der Waals surface area contributed by atoms with Crippen LogP contribution in [0.25, 0.3) is 0 Å². The Morgan fingerprint density at radius 2 is 1.95 bits per heavy atom. The van der Waals surface area contributed by atoms with Crippen molar-refractivity contribution in [1.82, 2.24) is 10.2 Å². The monoisotopic (exact) mass is 285 g/mol. The molecule has 20 heavy (non-hydrogen) atoms. The van der Waals surface area contributed by atoms with Gasteiger partial charge >= 0.3 is 0 Å². The second kappa shape index (κ2) is 9.32. The molecule has 0 spiro atoms. The van der Waals surface area contributed by atoms with Crippen LogP contribution in [0.2, 0.25) is 0 Å². The largest absolute Gasteiger partial charge is 0.377 e. The molecule has 0 aromatic carbocycles. The highest BCUT2D eigenvalue weighted by Gasteiger charge is 2.27. The SMILES string of the molecule is CCC(CC)NC(=O)C(C)N1CCC(OCCN)CC1. The van der Waals surface area contributed by atoms with Gasteiger partial charge in [0.25, 0.3) is 0 Å². The van der Waals surface area contributed by atoms with Crippen LogP contribution in [0, 0.1) is 0 Å². The summed E-state index contributed by atoms with van der Waals surface area (Å²) in [5.41, 5.74) is 5.45. The van der Waals surface area contributed by atoms with Gasteiger partial charge in [0.2, 0.25) is 5.91 Å². The van der Waals surface area contributed by atoms with E-state index < -0.39 is 0 Å².